The number of carbonyl (C=O) groups excluding carboxylic acids is 1. The zero-order chi connectivity index (χ0) is 14.6. The molecule has 0 aliphatic carbocycles. The van der Waals surface area contributed by atoms with E-state index in [-0.39, 0.29) is 21.4 Å². The Kier molecular flexibility index (Phi) is 5.88. The Morgan fingerprint density at radius 2 is 2.21 bits per heavy atom. The third-order valence-corrected chi connectivity index (χ3v) is 4.69. The van der Waals surface area contributed by atoms with Gasteiger partial charge in [-0.05, 0) is 29.3 Å². The Bertz CT molecular complexity index is 555. The molecule has 0 saturated carbocycles. The summed E-state index contributed by atoms with van der Waals surface area (Å²) in [5, 5.41) is 2.73. The molecule has 1 N–H and O–H groups in total. The largest absolute Gasteiger partial charge is 0.443 e. The zero-order valence-electron chi connectivity index (χ0n) is 10.6. The van der Waals surface area contributed by atoms with Crippen molar-refractivity contribution in [2.24, 2.45) is 0 Å². The Morgan fingerprint density at radius 1 is 1.58 bits per heavy atom. The van der Waals surface area contributed by atoms with Gasteiger partial charge in [-0.2, -0.15) is 0 Å². The summed E-state index contributed by atoms with van der Waals surface area (Å²) in [7, 11) is 1.27. The van der Waals surface area contributed by atoms with E-state index in [1.807, 2.05) is 6.92 Å². The van der Waals surface area contributed by atoms with Crippen LogP contribution in [0.15, 0.2) is 20.0 Å². The van der Waals surface area contributed by atoms with Gasteiger partial charge >= 0.3 is 0 Å². The van der Waals surface area contributed by atoms with Crippen molar-refractivity contribution in [2.75, 3.05) is 0 Å². The van der Waals surface area contributed by atoms with Crippen LogP contribution >= 0.6 is 26.6 Å². The molecule has 0 spiro atoms. The lowest BCUT2D eigenvalue weighted by molar-refractivity contribution is 0.0908. The van der Waals surface area contributed by atoms with Gasteiger partial charge in [0.2, 0.25) is 0 Å². The van der Waals surface area contributed by atoms with E-state index < -0.39 is 15.0 Å². The Hall–Kier alpha value is -0.530. The van der Waals surface area contributed by atoms with Crippen molar-refractivity contribution in [1.82, 2.24) is 5.32 Å². The molecular weight excluding hydrogens is 358 g/mol. The van der Waals surface area contributed by atoms with Gasteiger partial charge in [0.25, 0.3) is 15.0 Å². The normalized spacial score (nSPS) is 13.3. The predicted molar refractivity (Wildman–Crippen MR) is 75.9 cm³/mol. The number of hydrogen-bond donors (Lipinski definition) is 1. The van der Waals surface area contributed by atoms with E-state index in [0.717, 1.165) is 25.3 Å². The third kappa shape index (κ3) is 4.81. The van der Waals surface area contributed by atoms with Crippen molar-refractivity contribution in [3.05, 3.63) is 16.5 Å². The SMILES string of the molecule is CCCCC(C)NC(=O)c1cc(S(=O)(=O)Cl)c(Br)o1. The van der Waals surface area contributed by atoms with E-state index in [1.165, 1.54) is 0 Å². The van der Waals surface area contributed by atoms with Gasteiger partial charge in [0, 0.05) is 22.8 Å². The lowest BCUT2D eigenvalue weighted by Crippen LogP contribution is -2.32. The first-order valence-electron chi connectivity index (χ1n) is 5.80. The topological polar surface area (TPSA) is 76.4 Å². The van der Waals surface area contributed by atoms with Gasteiger partial charge in [0.1, 0.15) is 4.90 Å². The molecule has 19 heavy (non-hydrogen) atoms. The van der Waals surface area contributed by atoms with Gasteiger partial charge in [-0.1, -0.05) is 19.8 Å². The van der Waals surface area contributed by atoms with E-state index >= 15 is 0 Å². The molecule has 1 rings (SSSR count). The summed E-state index contributed by atoms with van der Waals surface area (Å²) in [5.41, 5.74) is 0. The molecule has 0 aromatic carbocycles. The predicted octanol–water partition coefficient (Wildman–Crippen LogP) is 3.28. The van der Waals surface area contributed by atoms with E-state index in [4.69, 9.17) is 15.1 Å². The maximum absolute atomic E-state index is 11.8. The van der Waals surface area contributed by atoms with E-state index in [0.29, 0.717) is 0 Å². The molecule has 1 heterocycles. The summed E-state index contributed by atoms with van der Waals surface area (Å²) < 4.78 is 27.4. The van der Waals surface area contributed by atoms with E-state index in [2.05, 4.69) is 28.2 Å². The van der Waals surface area contributed by atoms with Crippen LogP contribution in [0.2, 0.25) is 0 Å². The molecule has 0 aliphatic heterocycles. The maximum atomic E-state index is 11.8. The molecular formula is C11H15BrClNO4S. The van der Waals surface area contributed by atoms with Crippen LogP contribution in [-0.2, 0) is 9.05 Å². The molecule has 1 amide bonds. The molecule has 1 unspecified atom stereocenters. The van der Waals surface area contributed by atoms with Crippen LogP contribution < -0.4 is 5.32 Å². The highest BCUT2D eigenvalue weighted by Gasteiger charge is 2.23. The average Bonchev–Trinajstić information content (AvgIpc) is 2.68. The van der Waals surface area contributed by atoms with Crippen molar-refractivity contribution in [3.8, 4) is 0 Å². The molecule has 1 atom stereocenters. The number of unbranched alkanes of at least 4 members (excludes halogenated alkanes) is 1. The molecule has 1 aromatic rings. The second-order valence-corrected chi connectivity index (χ2v) is 7.46. The maximum Gasteiger partial charge on any atom is 0.287 e. The first-order valence-corrected chi connectivity index (χ1v) is 8.90. The van der Waals surface area contributed by atoms with Crippen molar-refractivity contribution < 1.29 is 17.6 Å². The Labute approximate surface area is 125 Å². The quantitative estimate of drug-likeness (QED) is 0.777. The fourth-order valence-electron chi connectivity index (χ4n) is 1.51. The number of rotatable bonds is 6. The van der Waals surface area contributed by atoms with Crippen LogP contribution in [0, 0.1) is 0 Å². The summed E-state index contributed by atoms with van der Waals surface area (Å²) in [6, 6.07) is 1.10. The minimum absolute atomic E-state index is 0.00705. The van der Waals surface area contributed by atoms with Gasteiger partial charge in [-0.15, -0.1) is 0 Å². The minimum atomic E-state index is -3.94. The van der Waals surface area contributed by atoms with Crippen LogP contribution in [-0.4, -0.2) is 20.4 Å². The highest BCUT2D eigenvalue weighted by atomic mass is 79.9. The smallest absolute Gasteiger partial charge is 0.287 e. The zero-order valence-corrected chi connectivity index (χ0v) is 13.7. The number of amides is 1. The molecule has 1 aromatic heterocycles. The molecule has 0 saturated heterocycles. The standard InChI is InChI=1S/C11H15BrClNO4S/c1-3-4-5-7(2)14-11(15)8-6-9(10(12)18-8)19(13,16)17/h6-7H,3-5H2,1-2H3,(H,14,15). The summed E-state index contributed by atoms with van der Waals surface area (Å²) in [5.74, 6) is -0.551. The first-order chi connectivity index (χ1) is 8.75. The fourth-order valence-corrected chi connectivity index (χ4v) is 3.54. The molecule has 0 bridgehead atoms. The molecule has 8 heteroatoms. The fraction of sp³-hybridized carbons (Fsp3) is 0.545. The van der Waals surface area contributed by atoms with Crippen LogP contribution in [0.25, 0.3) is 0 Å². The highest BCUT2D eigenvalue weighted by Crippen LogP contribution is 2.28. The lowest BCUT2D eigenvalue weighted by atomic mass is 10.1. The van der Waals surface area contributed by atoms with Gasteiger partial charge in [0.15, 0.2) is 10.4 Å². The van der Waals surface area contributed by atoms with Crippen molar-refractivity contribution >= 4 is 41.6 Å². The number of halogens is 2. The summed E-state index contributed by atoms with van der Waals surface area (Å²) >= 11 is 2.92. The van der Waals surface area contributed by atoms with Crippen molar-refractivity contribution in [1.29, 1.82) is 0 Å². The van der Waals surface area contributed by atoms with Crippen LogP contribution in [0.1, 0.15) is 43.7 Å². The lowest BCUT2D eigenvalue weighted by Gasteiger charge is -2.11. The van der Waals surface area contributed by atoms with Gasteiger partial charge in [-0.3, -0.25) is 4.79 Å². The Morgan fingerprint density at radius 3 is 2.68 bits per heavy atom. The minimum Gasteiger partial charge on any atom is -0.443 e. The van der Waals surface area contributed by atoms with Gasteiger partial charge in [0.05, 0.1) is 0 Å². The molecule has 108 valence electrons. The number of furan rings is 1. The summed E-state index contributed by atoms with van der Waals surface area (Å²) in [6.07, 6.45) is 2.90. The number of hydrogen-bond acceptors (Lipinski definition) is 4. The summed E-state index contributed by atoms with van der Waals surface area (Å²) in [6.45, 7) is 3.94. The van der Waals surface area contributed by atoms with Gasteiger partial charge in [-0.25, -0.2) is 8.42 Å². The molecule has 0 aliphatic rings. The summed E-state index contributed by atoms with van der Waals surface area (Å²) in [4.78, 5) is 11.6. The third-order valence-electron chi connectivity index (χ3n) is 2.51. The van der Waals surface area contributed by atoms with Crippen molar-refractivity contribution in [3.63, 3.8) is 0 Å². The first kappa shape index (κ1) is 16.5. The van der Waals surface area contributed by atoms with E-state index in [1.54, 1.807) is 0 Å². The second-order valence-electron chi connectivity index (χ2n) is 4.20. The number of nitrogens with one attached hydrogen (secondary N) is 1. The monoisotopic (exact) mass is 371 g/mol. The average molecular weight is 373 g/mol. The highest BCUT2D eigenvalue weighted by molar-refractivity contribution is 9.10. The van der Waals surface area contributed by atoms with Crippen molar-refractivity contribution in [2.45, 2.75) is 44.0 Å². The number of carbonyl (C=O) groups is 1. The van der Waals surface area contributed by atoms with Crippen LogP contribution in [0.3, 0.4) is 0 Å². The molecule has 0 fully saturated rings. The van der Waals surface area contributed by atoms with Crippen LogP contribution in [0.4, 0.5) is 0 Å². The second kappa shape index (κ2) is 6.76. The van der Waals surface area contributed by atoms with Gasteiger partial charge < -0.3 is 9.73 Å². The molecule has 5 nitrogen and oxygen atoms in total. The Balaban J connectivity index is 2.79. The van der Waals surface area contributed by atoms with Crippen LogP contribution in [0.5, 0.6) is 0 Å². The van der Waals surface area contributed by atoms with E-state index in [9.17, 15) is 13.2 Å². The molecule has 0 radical (unpaired) electrons.